The third-order valence-electron chi connectivity index (χ3n) is 5.17. The summed E-state index contributed by atoms with van der Waals surface area (Å²) in [6.07, 6.45) is -2.12. The van der Waals surface area contributed by atoms with Crippen LogP contribution in [-0.2, 0) is 4.79 Å². The molecule has 0 atom stereocenters. The molecular weight excluding hydrogens is 471 g/mol. The molecule has 3 amide bonds. The predicted molar refractivity (Wildman–Crippen MR) is 118 cm³/mol. The first kappa shape index (κ1) is 25.7. The zero-order valence-corrected chi connectivity index (χ0v) is 18.4. The molecule has 1 saturated carbocycles. The number of alkyl halides is 3. The van der Waals surface area contributed by atoms with Crippen molar-refractivity contribution in [1.29, 1.82) is 0 Å². The number of halogens is 3. The number of carboxylic acids is 1. The molecule has 0 unspecified atom stereocenters. The van der Waals surface area contributed by atoms with Crippen LogP contribution in [0.15, 0.2) is 48.5 Å². The molecule has 1 aliphatic rings. The van der Waals surface area contributed by atoms with Gasteiger partial charge in [0.05, 0.1) is 6.10 Å². The molecule has 3 rings (SSSR count). The molecule has 35 heavy (non-hydrogen) atoms. The molecule has 0 aromatic heterocycles. The Morgan fingerprint density at radius 1 is 0.914 bits per heavy atom. The molecule has 4 N–H and O–H groups in total. The molecule has 2 aromatic rings. The number of nitrogens with one attached hydrogen (secondary N) is 3. The minimum atomic E-state index is -4.78. The van der Waals surface area contributed by atoms with E-state index in [1.807, 2.05) is 0 Å². The van der Waals surface area contributed by atoms with Crippen molar-refractivity contribution >= 4 is 23.6 Å². The van der Waals surface area contributed by atoms with Gasteiger partial charge in [0, 0.05) is 17.3 Å². The van der Waals surface area contributed by atoms with Crippen LogP contribution in [0, 0.1) is 0 Å². The van der Waals surface area contributed by atoms with E-state index < -0.39 is 30.8 Å². The number of hydrogen-bond donors (Lipinski definition) is 4. The Morgan fingerprint density at radius 3 is 2.09 bits per heavy atom. The van der Waals surface area contributed by atoms with Crippen LogP contribution in [-0.4, -0.2) is 48.1 Å². The first-order valence-corrected chi connectivity index (χ1v) is 10.8. The van der Waals surface area contributed by atoms with Gasteiger partial charge in [-0.1, -0.05) is 0 Å². The molecule has 0 aliphatic heterocycles. The average Bonchev–Trinajstić information content (AvgIpc) is 2.79. The van der Waals surface area contributed by atoms with Crippen LogP contribution in [0.2, 0.25) is 0 Å². The van der Waals surface area contributed by atoms with Crippen LogP contribution in [0.1, 0.15) is 36.0 Å². The number of carbonyl (C=O) groups is 3. The summed E-state index contributed by atoms with van der Waals surface area (Å²) in [5, 5.41) is 16.3. The Balaban J connectivity index is 1.39. The van der Waals surface area contributed by atoms with Crippen molar-refractivity contribution in [2.75, 3.05) is 11.9 Å². The van der Waals surface area contributed by atoms with E-state index in [9.17, 15) is 27.6 Å². The lowest BCUT2D eigenvalue weighted by Gasteiger charge is -2.29. The quantitative estimate of drug-likeness (QED) is 0.440. The Morgan fingerprint density at radius 2 is 1.51 bits per heavy atom. The molecule has 1 aliphatic carbocycles. The van der Waals surface area contributed by atoms with Crippen molar-refractivity contribution in [2.45, 2.75) is 44.2 Å². The first-order chi connectivity index (χ1) is 16.6. The van der Waals surface area contributed by atoms with Crippen LogP contribution in [0.4, 0.5) is 23.7 Å². The maximum absolute atomic E-state index is 12.2. The average molecular weight is 495 g/mol. The molecule has 12 heteroatoms. The van der Waals surface area contributed by atoms with Gasteiger partial charge in [0.1, 0.15) is 18.0 Å². The van der Waals surface area contributed by atoms with E-state index in [1.165, 1.54) is 12.1 Å². The van der Waals surface area contributed by atoms with Crippen molar-refractivity contribution in [3.8, 4) is 11.5 Å². The molecule has 0 saturated heterocycles. The smallest absolute Gasteiger partial charge is 0.490 e. The van der Waals surface area contributed by atoms with E-state index in [0.717, 1.165) is 12.1 Å². The number of ether oxygens (including phenoxy) is 2. The van der Waals surface area contributed by atoms with Crippen molar-refractivity contribution < 1.29 is 42.1 Å². The third kappa shape index (κ3) is 8.72. The number of aliphatic carboxylic acids is 1. The van der Waals surface area contributed by atoms with Crippen molar-refractivity contribution in [3.05, 3.63) is 54.1 Å². The maximum Gasteiger partial charge on any atom is 0.573 e. The van der Waals surface area contributed by atoms with Crippen molar-refractivity contribution in [3.63, 3.8) is 0 Å². The first-order valence-electron chi connectivity index (χ1n) is 10.8. The van der Waals surface area contributed by atoms with E-state index in [-0.39, 0.29) is 17.9 Å². The van der Waals surface area contributed by atoms with Gasteiger partial charge in [-0.3, -0.25) is 9.59 Å². The summed E-state index contributed by atoms with van der Waals surface area (Å²) < 4.78 is 46.4. The Hall–Kier alpha value is -3.96. The minimum Gasteiger partial charge on any atom is -0.490 e. The van der Waals surface area contributed by atoms with Gasteiger partial charge in [0.15, 0.2) is 0 Å². The van der Waals surface area contributed by atoms with Gasteiger partial charge in [0.25, 0.3) is 5.91 Å². The summed E-state index contributed by atoms with van der Waals surface area (Å²) in [7, 11) is 0. The normalized spacial score (nSPS) is 17.7. The SMILES string of the molecule is O=C(O)CNC(=O)c1ccc(OC2CCC(NC(=O)Nc3ccc(OC(F)(F)F)cc3)CC2)cc1. The van der Waals surface area contributed by atoms with Crippen LogP contribution < -0.4 is 25.4 Å². The lowest BCUT2D eigenvalue weighted by molar-refractivity contribution is -0.274. The molecule has 188 valence electrons. The zero-order chi connectivity index (χ0) is 25.4. The van der Waals surface area contributed by atoms with Gasteiger partial charge in [-0.15, -0.1) is 13.2 Å². The van der Waals surface area contributed by atoms with Crippen LogP contribution >= 0.6 is 0 Å². The van der Waals surface area contributed by atoms with E-state index in [0.29, 0.717) is 42.7 Å². The summed E-state index contributed by atoms with van der Waals surface area (Å²) in [5.41, 5.74) is 0.647. The van der Waals surface area contributed by atoms with Crippen molar-refractivity contribution in [1.82, 2.24) is 10.6 Å². The number of urea groups is 1. The van der Waals surface area contributed by atoms with Crippen LogP contribution in [0.5, 0.6) is 11.5 Å². The molecule has 2 aromatic carbocycles. The molecule has 9 nitrogen and oxygen atoms in total. The fourth-order valence-electron chi connectivity index (χ4n) is 3.55. The monoisotopic (exact) mass is 495 g/mol. The summed E-state index contributed by atoms with van der Waals surface area (Å²) in [6.45, 7) is -0.463. The largest absolute Gasteiger partial charge is 0.573 e. The van der Waals surface area contributed by atoms with E-state index in [1.54, 1.807) is 24.3 Å². The zero-order valence-electron chi connectivity index (χ0n) is 18.4. The van der Waals surface area contributed by atoms with E-state index in [2.05, 4.69) is 20.7 Å². The molecule has 0 spiro atoms. The van der Waals surface area contributed by atoms with Gasteiger partial charge in [-0.2, -0.15) is 0 Å². The maximum atomic E-state index is 12.2. The highest BCUT2D eigenvalue weighted by molar-refractivity contribution is 5.95. The number of amides is 3. The van der Waals surface area contributed by atoms with Gasteiger partial charge in [-0.25, -0.2) is 4.79 Å². The van der Waals surface area contributed by atoms with Crippen LogP contribution in [0.3, 0.4) is 0 Å². The number of benzene rings is 2. The third-order valence-corrected chi connectivity index (χ3v) is 5.17. The summed E-state index contributed by atoms with van der Waals surface area (Å²) in [6, 6.07) is 10.7. The Labute approximate surface area is 198 Å². The van der Waals surface area contributed by atoms with Gasteiger partial charge >= 0.3 is 18.4 Å². The van der Waals surface area contributed by atoms with Crippen LogP contribution in [0.25, 0.3) is 0 Å². The topological polar surface area (TPSA) is 126 Å². The highest BCUT2D eigenvalue weighted by Gasteiger charge is 2.31. The number of anilines is 1. The second-order valence-electron chi connectivity index (χ2n) is 7.86. The van der Waals surface area contributed by atoms with Gasteiger partial charge in [-0.05, 0) is 74.2 Å². The number of carbonyl (C=O) groups excluding carboxylic acids is 2. The Kier molecular flexibility index (Phi) is 8.39. The predicted octanol–water partition coefficient (Wildman–Crippen LogP) is 3.91. The summed E-state index contributed by atoms with van der Waals surface area (Å²) in [4.78, 5) is 34.6. The molecule has 0 heterocycles. The lowest BCUT2D eigenvalue weighted by Crippen LogP contribution is -2.41. The van der Waals surface area contributed by atoms with Crippen molar-refractivity contribution in [2.24, 2.45) is 0 Å². The number of rotatable bonds is 8. The fourth-order valence-corrected chi connectivity index (χ4v) is 3.55. The molecule has 1 fully saturated rings. The number of hydrogen-bond acceptors (Lipinski definition) is 5. The Bertz CT molecular complexity index is 1020. The molecule has 0 bridgehead atoms. The van der Waals surface area contributed by atoms with E-state index in [4.69, 9.17) is 9.84 Å². The highest BCUT2D eigenvalue weighted by atomic mass is 19.4. The highest BCUT2D eigenvalue weighted by Crippen LogP contribution is 2.25. The molecule has 0 radical (unpaired) electrons. The van der Waals surface area contributed by atoms with Gasteiger partial charge in [0.2, 0.25) is 0 Å². The van der Waals surface area contributed by atoms with Gasteiger partial charge < -0.3 is 30.5 Å². The fraction of sp³-hybridized carbons (Fsp3) is 0.348. The van der Waals surface area contributed by atoms with E-state index >= 15 is 0 Å². The minimum absolute atomic E-state index is 0.0658. The summed E-state index contributed by atoms with van der Waals surface area (Å²) in [5.74, 6) is -1.42. The number of carboxylic acid groups (broad SMARTS) is 1. The standard InChI is InChI=1S/C23H24F3N3O6/c24-23(25,26)35-19-11-5-16(6-12-19)29-22(33)28-15-3-9-18(10-4-15)34-17-7-1-14(2-8-17)21(32)27-13-20(30)31/h1-2,5-8,11-12,15,18H,3-4,9-10,13H2,(H,27,32)(H,30,31)(H2,28,29,33). The molecular formula is C23H24F3N3O6. The lowest BCUT2D eigenvalue weighted by atomic mass is 9.93. The second kappa shape index (κ2) is 11.4. The second-order valence-corrected chi connectivity index (χ2v) is 7.86. The summed E-state index contributed by atoms with van der Waals surface area (Å²) >= 11 is 0.